The predicted molar refractivity (Wildman–Crippen MR) is 170 cm³/mol. The Morgan fingerprint density at radius 1 is 0.889 bits per heavy atom. The van der Waals surface area contributed by atoms with Gasteiger partial charge in [-0.15, -0.1) is 0 Å². The number of hydrogen-bond acceptors (Lipinski definition) is 7. The Kier molecular flexibility index (Phi) is 9.40. The molecule has 0 spiro atoms. The average Bonchev–Trinajstić information content (AvgIpc) is 3.03. The third-order valence-corrected chi connectivity index (χ3v) is 7.56. The zero-order valence-corrected chi connectivity index (χ0v) is 25.2. The molecule has 1 aliphatic heterocycles. The third-order valence-electron chi connectivity index (χ3n) is 7.23. The van der Waals surface area contributed by atoms with E-state index >= 15 is 0 Å². The van der Waals surface area contributed by atoms with E-state index in [0.29, 0.717) is 11.6 Å². The molecule has 0 unspecified atom stereocenters. The number of anilines is 6. The Morgan fingerprint density at radius 3 is 2.31 bits per heavy atom. The lowest BCUT2D eigenvalue weighted by Crippen LogP contribution is -2.44. The van der Waals surface area contributed by atoms with Crippen LogP contribution in [0.2, 0.25) is 5.02 Å². The second kappa shape index (κ2) is 13.4. The maximum atomic E-state index is 13.1. The number of halogens is 4. The lowest BCUT2D eigenvalue weighted by Gasteiger charge is -2.34. The predicted octanol–water partition coefficient (Wildman–Crippen LogP) is 6.56. The van der Waals surface area contributed by atoms with Crippen LogP contribution in [0.25, 0.3) is 0 Å². The third kappa shape index (κ3) is 7.99. The van der Waals surface area contributed by atoms with Crippen LogP contribution in [0.1, 0.15) is 15.9 Å². The summed E-state index contributed by atoms with van der Waals surface area (Å²) in [5.41, 5.74) is 1.23. The first-order valence-corrected chi connectivity index (χ1v) is 14.3. The molecule has 1 aliphatic rings. The highest BCUT2D eigenvalue weighted by molar-refractivity contribution is 6.34. The van der Waals surface area contributed by atoms with Crippen LogP contribution in [0.5, 0.6) is 0 Å². The summed E-state index contributed by atoms with van der Waals surface area (Å²) in [6.45, 7) is 3.97. The fourth-order valence-corrected chi connectivity index (χ4v) is 4.77. The molecule has 0 atom stereocenters. The smallest absolute Gasteiger partial charge is 0.369 e. The number of piperazine rings is 1. The first-order valence-electron chi connectivity index (χ1n) is 13.9. The fraction of sp³-hybridized carbons (Fsp3) is 0.226. The van der Waals surface area contributed by atoms with Gasteiger partial charge in [-0.25, -0.2) is 14.8 Å². The van der Waals surface area contributed by atoms with Crippen molar-refractivity contribution in [1.82, 2.24) is 14.9 Å². The van der Waals surface area contributed by atoms with Gasteiger partial charge >= 0.3 is 12.2 Å². The molecule has 0 aliphatic carbocycles. The molecule has 5 rings (SSSR count). The zero-order valence-electron chi connectivity index (χ0n) is 24.4. The highest BCUT2D eigenvalue weighted by Gasteiger charge is 2.31. The number of carbonyl (C=O) groups is 2. The quantitative estimate of drug-likeness (QED) is 0.210. The first kappa shape index (κ1) is 31.5. The molecule has 0 saturated carbocycles. The number of aromatic nitrogens is 2. The van der Waals surface area contributed by atoms with E-state index in [-0.39, 0.29) is 22.0 Å². The van der Waals surface area contributed by atoms with Crippen molar-refractivity contribution in [3.8, 4) is 0 Å². The monoisotopic (exact) mass is 638 g/mol. The molecule has 3 aromatic carbocycles. The van der Waals surface area contributed by atoms with Gasteiger partial charge in [0.25, 0.3) is 5.91 Å². The molecule has 0 bridgehead atoms. The van der Waals surface area contributed by atoms with Crippen molar-refractivity contribution in [3.63, 3.8) is 0 Å². The van der Waals surface area contributed by atoms with Crippen molar-refractivity contribution in [3.05, 3.63) is 95.3 Å². The normalized spacial score (nSPS) is 13.7. The Bertz CT molecular complexity index is 1680. The number of alkyl halides is 3. The number of carbonyl (C=O) groups excluding carboxylic acids is 2. The summed E-state index contributed by atoms with van der Waals surface area (Å²) in [6.07, 6.45) is -3.26. The van der Waals surface area contributed by atoms with Crippen LogP contribution in [0, 0.1) is 0 Å². The van der Waals surface area contributed by atoms with Crippen LogP contribution in [0.15, 0.2) is 79.1 Å². The Hall–Kier alpha value is -4.88. The van der Waals surface area contributed by atoms with E-state index < -0.39 is 23.7 Å². The van der Waals surface area contributed by atoms with Gasteiger partial charge in [-0.1, -0.05) is 17.7 Å². The highest BCUT2D eigenvalue weighted by atomic mass is 35.5. The Balaban J connectivity index is 1.22. The first-order chi connectivity index (χ1) is 21.5. The number of likely N-dealkylation sites (N-methyl/N-ethyl adjacent to an activating group) is 1. The van der Waals surface area contributed by atoms with Crippen molar-refractivity contribution in [1.29, 1.82) is 0 Å². The van der Waals surface area contributed by atoms with E-state index in [0.717, 1.165) is 55.8 Å². The second-order valence-electron chi connectivity index (χ2n) is 10.4. The van der Waals surface area contributed by atoms with Crippen molar-refractivity contribution >= 4 is 57.9 Å². The van der Waals surface area contributed by atoms with Crippen molar-refractivity contribution in [2.75, 3.05) is 66.0 Å². The van der Waals surface area contributed by atoms with Crippen LogP contribution >= 0.6 is 11.6 Å². The van der Waals surface area contributed by atoms with Crippen LogP contribution in [-0.2, 0) is 6.18 Å². The van der Waals surface area contributed by atoms with Gasteiger partial charge in [-0.2, -0.15) is 13.2 Å². The van der Waals surface area contributed by atoms with E-state index in [1.165, 1.54) is 42.5 Å². The van der Waals surface area contributed by atoms with Crippen molar-refractivity contribution in [2.24, 2.45) is 0 Å². The number of nitrogens with one attached hydrogen (secondary N) is 3. The summed E-state index contributed by atoms with van der Waals surface area (Å²) in [4.78, 5) is 40.1. The number of amides is 3. The molecule has 1 fully saturated rings. The molecule has 234 valence electrons. The van der Waals surface area contributed by atoms with E-state index in [1.54, 1.807) is 6.07 Å². The van der Waals surface area contributed by atoms with Gasteiger partial charge in [-0.3, -0.25) is 9.69 Å². The van der Waals surface area contributed by atoms with Gasteiger partial charge in [0.05, 0.1) is 16.3 Å². The average molecular weight is 639 g/mol. The van der Waals surface area contributed by atoms with Gasteiger partial charge in [0.1, 0.15) is 18.0 Å². The van der Waals surface area contributed by atoms with E-state index in [9.17, 15) is 22.8 Å². The summed E-state index contributed by atoms with van der Waals surface area (Å²) in [6, 6.07) is 17.4. The summed E-state index contributed by atoms with van der Waals surface area (Å²) >= 11 is 6.29. The minimum absolute atomic E-state index is 0.170. The van der Waals surface area contributed by atoms with E-state index in [4.69, 9.17) is 11.6 Å². The van der Waals surface area contributed by atoms with Crippen molar-refractivity contribution in [2.45, 2.75) is 6.18 Å². The molecule has 4 aromatic rings. The number of hydrogen-bond donors (Lipinski definition) is 3. The number of rotatable bonds is 7. The van der Waals surface area contributed by atoms with Gasteiger partial charge in [0, 0.05) is 61.9 Å². The number of urea groups is 1. The highest BCUT2D eigenvalue weighted by Crippen LogP contribution is 2.31. The van der Waals surface area contributed by atoms with Crippen LogP contribution in [0.3, 0.4) is 0 Å². The van der Waals surface area contributed by atoms with Gasteiger partial charge in [-0.05, 0) is 67.7 Å². The molecule has 3 amide bonds. The molecule has 1 aromatic heterocycles. The summed E-state index contributed by atoms with van der Waals surface area (Å²) in [5.74, 6) is 0.0151. The largest absolute Gasteiger partial charge is 0.416 e. The van der Waals surface area contributed by atoms with Crippen molar-refractivity contribution < 1.29 is 22.8 Å². The van der Waals surface area contributed by atoms with Gasteiger partial charge in [0.2, 0.25) is 0 Å². The molecule has 45 heavy (non-hydrogen) atoms. The standard InChI is InChI=1S/C31H30ClF3N8O2/c1-41-12-14-43(15-13-41)24-9-6-22(7-10-24)38-27-18-28(37-19-36-27)42(2)30(45)40-26-17-23(8-11-25(26)32)39-29(44)20-4-3-5-21(16-20)31(33,34)35/h3-11,16-19H,12-15H2,1-2H3,(H,39,44)(H,40,45)(H,36,37,38). The molecular weight excluding hydrogens is 609 g/mol. The van der Waals surface area contributed by atoms with Crippen LogP contribution in [-0.4, -0.2) is 67.1 Å². The molecule has 1 saturated heterocycles. The molecular formula is C31H30ClF3N8O2. The van der Waals surface area contributed by atoms with Gasteiger partial charge < -0.3 is 25.8 Å². The van der Waals surface area contributed by atoms with Gasteiger partial charge in [0.15, 0.2) is 0 Å². The Labute approximate surface area is 262 Å². The number of benzene rings is 3. The molecule has 14 heteroatoms. The summed E-state index contributed by atoms with van der Waals surface area (Å²) < 4.78 is 39.2. The Morgan fingerprint density at radius 2 is 1.60 bits per heavy atom. The second-order valence-corrected chi connectivity index (χ2v) is 10.8. The minimum atomic E-state index is -4.59. The van der Waals surface area contributed by atoms with E-state index in [2.05, 4.69) is 54.9 Å². The molecule has 2 heterocycles. The summed E-state index contributed by atoms with van der Waals surface area (Å²) in [5, 5.41) is 8.60. The lowest BCUT2D eigenvalue weighted by atomic mass is 10.1. The number of nitrogens with zero attached hydrogens (tertiary/aromatic N) is 5. The molecule has 10 nitrogen and oxygen atoms in total. The maximum absolute atomic E-state index is 13.1. The minimum Gasteiger partial charge on any atom is -0.369 e. The zero-order chi connectivity index (χ0) is 32.1. The molecule has 3 N–H and O–H groups in total. The maximum Gasteiger partial charge on any atom is 0.416 e. The van der Waals surface area contributed by atoms with Crippen LogP contribution in [0.4, 0.5) is 52.4 Å². The van der Waals surface area contributed by atoms with E-state index in [1.807, 2.05) is 12.1 Å². The SMILES string of the molecule is CN1CCN(c2ccc(Nc3cc(N(C)C(=O)Nc4cc(NC(=O)c5cccc(C(F)(F)F)c5)ccc4Cl)ncn3)cc2)CC1. The topological polar surface area (TPSA) is 106 Å². The molecule has 0 radical (unpaired) electrons. The fourth-order valence-electron chi connectivity index (χ4n) is 4.61. The van der Waals surface area contributed by atoms with Crippen LogP contribution < -0.4 is 25.8 Å². The summed E-state index contributed by atoms with van der Waals surface area (Å²) in [7, 11) is 3.63. The lowest BCUT2D eigenvalue weighted by molar-refractivity contribution is -0.137.